The van der Waals surface area contributed by atoms with Gasteiger partial charge in [0, 0.05) is 68.7 Å². The molecule has 14 aromatic rings. The van der Waals surface area contributed by atoms with Gasteiger partial charge >= 0.3 is 0 Å². The number of ether oxygens (including phenoxy) is 4. The molecule has 4 heterocycles. The minimum Gasteiger partial charge on any atom is -0.457 e. The number of benzene rings is 14. The molecule has 4 heteroatoms. The molecule has 0 radical (unpaired) electrons. The fraction of sp³-hybridized carbons (Fsp3) is 0.200. The molecule has 18 rings (SSSR count). The standard InChI is InChI=1S/2C25H18O.C20H16O.C19H14O.8C2H6/c1-3-9-18(10-4-1)21-14-8-16-24-23(21)17-20-13-7-15-22(25(20)26-24)19-11-5-2-6-12-19;1-2-8-18(9-3-1)19-14-16-20(17-15-19)25-21-10-4-6-12-23(21)26-24-13-7-5-11-22(24)25;1-14-10-12-15(13-11-14)20-16-6-2-4-8-18(16)21-19-9-5-3-7-17(19)20;1-2-8-14(9-3-1)19-15-10-4-6-12-17(15)20-18-13-7-5-11-16(18)19;8*1-2/h1-16H,17H2;1-17,25H;2-13,20H,1H3;1-13,19H;8*1-2H3. The zero-order valence-electron chi connectivity index (χ0n) is 67.6. The highest BCUT2D eigenvalue weighted by Gasteiger charge is 2.31. The van der Waals surface area contributed by atoms with Crippen LogP contribution in [0.5, 0.6) is 46.0 Å². The molecule has 0 aliphatic carbocycles. The molecule has 4 nitrogen and oxygen atoms in total. The highest BCUT2D eigenvalue weighted by Crippen LogP contribution is 2.51. The number of hydrogen-bond acceptors (Lipinski definition) is 4. The Bertz CT molecular complexity index is 4670. The molecule has 0 spiro atoms. The van der Waals surface area contributed by atoms with Crippen molar-refractivity contribution in [1.29, 1.82) is 0 Å². The number of hydrogen-bond donors (Lipinski definition) is 0. The normalized spacial score (nSPS) is 11.3. The summed E-state index contributed by atoms with van der Waals surface area (Å²) < 4.78 is 24.6. The Hall–Kier alpha value is -11.7. The smallest absolute Gasteiger partial charge is 0.138 e. The molecule has 4 aliphatic rings. The lowest BCUT2D eigenvalue weighted by Gasteiger charge is -2.28. The number of rotatable bonds is 6. The van der Waals surface area contributed by atoms with Crippen LogP contribution in [0.1, 0.15) is 195 Å². The Morgan fingerprint density at radius 1 is 0.202 bits per heavy atom. The first-order chi connectivity index (χ1) is 54.1. The van der Waals surface area contributed by atoms with Crippen molar-refractivity contribution in [3.8, 4) is 79.4 Å². The molecular formula is C105H114O4. The third-order valence-electron chi connectivity index (χ3n) is 17.9. The zero-order valence-corrected chi connectivity index (χ0v) is 67.6. The molecular weight excluding hydrogens is 1330 g/mol. The summed E-state index contributed by atoms with van der Waals surface area (Å²) in [6, 6.07) is 122. The van der Waals surface area contributed by atoms with Gasteiger partial charge in [-0.05, 0) is 99.5 Å². The monoisotopic (exact) mass is 1440 g/mol. The molecule has 0 unspecified atom stereocenters. The van der Waals surface area contributed by atoms with Crippen molar-refractivity contribution in [3.05, 3.63) is 419 Å². The summed E-state index contributed by atoms with van der Waals surface area (Å²) in [7, 11) is 0. The second-order valence-electron chi connectivity index (χ2n) is 23.7. The van der Waals surface area contributed by atoms with Gasteiger partial charge in [-0.25, -0.2) is 0 Å². The van der Waals surface area contributed by atoms with Crippen molar-refractivity contribution < 1.29 is 18.9 Å². The van der Waals surface area contributed by atoms with E-state index in [9.17, 15) is 0 Å². The minimum absolute atomic E-state index is 0.195. The van der Waals surface area contributed by atoms with Crippen LogP contribution in [0.3, 0.4) is 0 Å². The summed E-state index contributed by atoms with van der Waals surface area (Å²) in [6.07, 6.45) is 0.885. The first-order valence-electron chi connectivity index (χ1n) is 39.9. The van der Waals surface area contributed by atoms with Crippen molar-refractivity contribution >= 4 is 0 Å². The van der Waals surface area contributed by atoms with Crippen LogP contribution >= 0.6 is 0 Å². The van der Waals surface area contributed by atoms with Crippen molar-refractivity contribution in [2.75, 3.05) is 0 Å². The average Bonchev–Trinajstić information content (AvgIpc) is 0.779. The third kappa shape index (κ3) is 20.9. The van der Waals surface area contributed by atoms with Crippen molar-refractivity contribution in [3.63, 3.8) is 0 Å². The van der Waals surface area contributed by atoms with Crippen LogP contribution in [0.4, 0.5) is 0 Å². The molecule has 0 fully saturated rings. The molecule has 0 N–H and O–H groups in total. The molecule has 0 saturated heterocycles. The van der Waals surface area contributed by atoms with E-state index < -0.39 is 0 Å². The molecule has 0 amide bonds. The third-order valence-corrected chi connectivity index (χ3v) is 17.9. The predicted molar refractivity (Wildman–Crippen MR) is 469 cm³/mol. The topological polar surface area (TPSA) is 36.9 Å². The van der Waals surface area contributed by atoms with E-state index in [2.05, 4.69) is 286 Å². The Morgan fingerprint density at radius 3 is 0.817 bits per heavy atom. The Kier molecular flexibility index (Phi) is 35.5. The van der Waals surface area contributed by atoms with Gasteiger partial charge in [-0.2, -0.15) is 0 Å². The van der Waals surface area contributed by atoms with Crippen LogP contribution in [0.2, 0.25) is 0 Å². The maximum Gasteiger partial charge on any atom is 0.138 e. The summed E-state index contributed by atoms with van der Waals surface area (Å²) in [6.45, 7) is 34.1. The molecule has 14 aromatic carbocycles. The molecule has 0 atom stereocenters. The van der Waals surface area contributed by atoms with Gasteiger partial charge in [0.2, 0.25) is 0 Å². The lowest BCUT2D eigenvalue weighted by atomic mass is 9.82. The van der Waals surface area contributed by atoms with Gasteiger partial charge < -0.3 is 18.9 Å². The lowest BCUT2D eigenvalue weighted by Crippen LogP contribution is -2.11. The van der Waals surface area contributed by atoms with E-state index in [0.29, 0.717) is 0 Å². The Morgan fingerprint density at radius 2 is 0.459 bits per heavy atom. The molecule has 0 bridgehead atoms. The Balaban J connectivity index is 0.000000191. The van der Waals surface area contributed by atoms with E-state index in [1.807, 2.05) is 184 Å². The van der Waals surface area contributed by atoms with Gasteiger partial charge in [-0.15, -0.1) is 0 Å². The van der Waals surface area contributed by atoms with E-state index >= 15 is 0 Å². The van der Waals surface area contributed by atoms with Gasteiger partial charge in [0.25, 0.3) is 0 Å². The number of para-hydroxylation sites is 7. The van der Waals surface area contributed by atoms with Gasteiger partial charge in [0.15, 0.2) is 0 Å². The van der Waals surface area contributed by atoms with Crippen LogP contribution in [0.15, 0.2) is 352 Å². The zero-order chi connectivity index (χ0) is 78.3. The molecule has 4 aliphatic heterocycles. The maximum absolute atomic E-state index is 6.43. The van der Waals surface area contributed by atoms with Crippen molar-refractivity contribution in [2.45, 2.75) is 142 Å². The first-order valence-corrected chi connectivity index (χ1v) is 39.9. The second-order valence-corrected chi connectivity index (χ2v) is 23.7. The number of fused-ring (bicyclic) bond motifs is 8. The summed E-state index contributed by atoms with van der Waals surface area (Å²) in [5, 5.41) is 0. The molecule has 0 aromatic heterocycles. The summed E-state index contributed by atoms with van der Waals surface area (Å²) in [4.78, 5) is 0. The molecule has 109 heavy (non-hydrogen) atoms. The van der Waals surface area contributed by atoms with E-state index in [1.165, 1.54) is 94.6 Å². The average molecular weight is 1440 g/mol. The van der Waals surface area contributed by atoms with Crippen LogP contribution < -0.4 is 18.9 Å². The van der Waals surface area contributed by atoms with Crippen LogP contribution in [0.25, 0.3) is 33.4 Å². The van der Waals surface area contributed by atoms with Gasteiger partial charge in [-0.1, -0.05) is 426 Å². The van der Waals surface area contributed by atoms with Gasteiger partial charge in [-0.3, -0.25) is 0 Å². The van der Waals surface area contributed by atoms with Crippen LogP contribution in [0, 0.1) is 6.92 Å². The van der Waals surface area contributed by atoms with Gasteiger partial charge in [0.1, 0.15) is 46.0 Å². The SMILES string of the molecule is CC.CC.CC.CC.CC.CC.CC.CC.Cc1ccc(C2c3ccccc3Oc3ccccc32)cc1.c1ccc(-c2ccc(C3c4ccccc4Oc4ccccc43)cc2)cc1.c1ccc(-c2cccc3c2Cc2cccc(-c4ccccc4)c2O3)cc1.c1ccc(C2c3ccccc3Oc3ccccc32)cc1. The second kappa shape index (κ2) is 45.7. The lowest BCUT2D eigenvalue weighted by molar-refractivity contribution is 0.452. The summed E-state index contributed by atoms with van der Waals surface area (Å²) in [5.74, 6) is 8.36. The minimum atomic E-state index is 0.195. The van der Waals surface area contributed by atoms with E-state index in [-0.39, 0.29) is 17.8 Å². The van der Waals surface area contributed by atoms with Gasteiger partial charge in [0.05, 0.1) is 0 Å². The van der Waals surface area contributed by atoms with Crippen molar-refractivity contribution in [2.24, 2.45) is 0 Å². The van der Waals surface area contributed by atoms with E-state index in [0.717, 1.165) is 58.0 Å². The molecule has 558 valence electrons. The highest BCUT2D eigenvalue weighted by molar-refractivity contribution is 5.78. The largest absolute Gasteiger partial charge is 0.457 e. The molecule has 0 saturated carbocycles. The van der Waals surface area contributed by atoms with Crippen LogP contribution in [-0.2, 0) is 6.42 Å². The Labute approximate surface area is 654 Å². The maximum atomic E-state index is 6.43. The summed E-state index contributed by atoms with van der Waals surface area (Å²) in [5.41, 5.74) is 22.4. The fourth-order valence-electron chi connectivity index (χ4n) is 13.4. The van der Waals surface area contributed by atoms with Crippen LogP contribution in [-0.4, -0.2) is 0 Å². The fourth-order valence-corrected chi connectivity index (χ4v) is 13.4. The summed E-state index contributed by atoms with van der Waals surface area (Å²) >= 11 is 0. The van der Waals surface area contributed by atoms with E-state index in [4.69, 9.17) is 18.9 Å². The first kappa shape index (κ1) is 84.5. The predicted octanol–water partition coefficient (Wildman–Crippen LogP) is 31.8. The quantitative estimate of drug-likeness (QED) is 0.166. The highest BCUT2D eigenvalue weighted by atomic mass is 16.5. The van der Waals surface area contributed by atoms with Crippen molar-refractivity contribution in [1.82, 2.24) is 0 Å². The number of aryl methyl sites for hydroxylation is 1. The van der Waals surface area contributed by atoms with E-state index in [1.54, 1.807) is 0 Å².